The number of hydrogen-bond acceptors (Lipinski definition) is 2. The van der Waals surface area contributed by atoms with Crippen molar-refractivity contribution in [3.63, 3.8) is 0 Å². The molecule has 0 aromatic carbocycles. The van der Waals surface area contributed by atoms with E-state index in [-0.39, 0.29) is 11.1 Å². The summed E-state index contributed by atoms with van der Waals surface area (Å²) in [6.45, 7) is 3.77. The van der Waals surface area contributed by atoms with Crippen LogP contribution >= 0.6 is 31.9 Å². The maximum absolute atomic E-state index is 12.9. The van der Waals surface area contributed by atoms with Crippen molar-refractivity contribution in [3.05, 3.63) is 65.3 Å². The first kappa shape index (κ1) is 14.0. The second-order valence-electron chi connectivity index (χ2n) is 5.36. The summed E-state index contributed by atoms with van der Waals surface area (Å²) in [4.78, 5) is 25.8. The summed E-state index contributed by atoms with van der Waals surface area (Å²) >= 11 is 6.81. The van der Waals surface area contributed by atoms with E-state index in [2.05, 4.69) is 31.9 Å². The van der Waals surface area contributed by atoms with Gasteiger partial charge in [0.15, 0.2) is 0 Å². The van der Waals surface area contributed by atoms with Crippen LogP contribution in [0.1, 0.15) is 11.1 Å². The Morgan fingerprint density at radius 1 is 0.727 bits per heavy atom. The first-order valence-electron chi connectivity index (χ1n) is 6.70. The highest BCUT2D eigenvalue weighted by Crippen LogP contribution is 2.27. The maximum atomic E-state index is 12.9. The van der Waals surface area contributed by atoms with Gasteiger partial charge in [-0.15, -0.1) is 0 Å². The minimum absolute atomic E-state index is 0.165. The van der Waals surface area contributed by atoms with Crippen LogP contribution < -0.4 is 11.1 Å². The zero-order chi connectivity index (χ0) is 15.8. The monoisotopic (exact) mass is 420 g/mol. The first-order chi connectivity index (χ1) is 10.4. The zero-order valence-corrected chi connectivity index (χ0v) is 14.9. The van der Waals surface area contributed by atoms with Crippen LogP contribution in [0.15, 0.2) is 43.1 Å². The van der Waals surface area contributed by atoms with Gasteiger partial charge < -0.3 is 0 Å². The molecule has 6 heteroatoms. The van der Waals surface area contributed by atoms with Gasteiger partial charge in [-0.1, -0.05) is 0 Å². The minimum Gasteiger partial charge on any atom is -0.270 e. The third-order valence-corrected chi connectivity index (χ3v) is 5.51. The number of fused-ring (bicyclic) bond motifs is 3. The molecule has 0 saturated heterocycles. The van der Waals surface area contributed by atoms with Crippen LogP contribution in [0.3, 0.4) is 0 Å². The van der Waals surface area contributed by atoms with Gasteiger partial charge in [0.25, 0.3) is 11.1 Å². The molecule has 4 nitrogen and oxygen atoms in total. The van der Waals surface area contributed by atoms with Crippen molar-refractivity contribution in [2.75, 3.05) is 0 Å². The zero-order valence-electron chi connectivity index (χ0n) is 11.8. The largest absolute Gasteiger partial charge is 0.270 e. The molecule has 0 radical (unpaired) electrons. The van der Waals surface area contributed by atoms with Crippen LogP contribution in [0.4, 0.5) is 0 Å². The van der Waals surface area contributed by atoms with E-state index in [0.717, 1.165) is 22.2 Å². The average Bonchev–Trinajstić information content (AvgIpc) is 3.04. The Bertz CT molecular complexity index is 1110. The Labute approximate surface area is 141 Å². The van der Waals surface area contributed by atoms with Crippen molar-refractivity contribution in [2.24, 2.45) is 0 Å². The standard InChI is InChI=1S/C16H10Br2N2O2/c1-7-9-3-5-11(17)19(9)16(22)14-8(2)10-4-6-12(18)20(10)15(21)13(7)14/h3-6H,1-2H3. The number of aromatic nitrogens is 2. The number of hydrogen-bond donors (Lipinski definition) is 0. The maximum Gasteiger partial charge on any atom is 0.264 e. The Hall–Kier alpha value is -1.66. The molecule has 0 aliphatic carbocycles. The summed E-state index contributed by atoms with van der Waals surface area (Å²) in [5, 5.41) is 0.981. The first-order valence-corrected chi connectivity index (χ1v) is 8.29. The van der Waals surface area contributed by atoms with E-state index in [4.69, 9.17) is 0 Å². The Morgan fingerprint density at radius 3 is 1.45 bits per heavy atom. The highest BCUT2D eigenvalue weighted by molar-refractivity contribution is 9.10. The van der Waals surface area contributed by atoms with Crippen LogP contribution in [0.5, 0.6) is 0 Å². The van der Waals surface area contributed by atoms with E-state index < -0.39 is 0 Å². The second-order valence-corrected chi connectivity index (χ2v) is 6.99. The summed E-state index contributed by atoms with van der Waals surface area (Å²) in [6.07, 6.45) is 0. The highest BCUT2D eigenvalue weighted by atomic mass is 79.9. The van der Waals surface area contributed by atoms with E-state index in [1.165, 1.54) is 0 Å². The van der Waals surface area contributed by atoms with E-state index >= 15 is 0 Å². The van der Waals surface area contributed by atoms with Gasteiger partial charge in [-0.25, -0.2) is 0 Å². The topological polar surface area (TPSA) is 43.0 Å². The lowest BCUT2D eigenvalue weighted by molar-refractivity contribution is 1.07. The van der Waals surface area contributed by atoms with Gasteiger partial charge in [0, 0.05) is 0 Å². The fourth-order valence-electron chi connectivity index (χ4n) is 3.21. The molecule has 0 saturated carbocycles. The molecule has 0 aliphatic rings. The SMILES string of the molecule is Cc1c2c(=O)n3c(Br)ccc3c(C)c2c(=O)n2c(Br)ccc12. The molecule has 0 atom stereocenters. The molecule has 0 unspecified atom stereocenters. The predicted octanol–water partition coefficient (Wildman–Crippen LogP) is 3.65. The molecule has 0 N–H and O–H groups in total. The van der Waals surface area contributed by atoms with Crippen LogP contribution in [-0.4, -0.2) is 8.80 Å². The number of rotatable bonds is 0. The Balaban J connectivity index is 2.51. The van der Waals surface area contributed by atoms with Crippen LogP contribution in [-0.2, 0) is 0 Å². The smallest absolute Gasteiger partial charge is 0.264 e. The van der Waals surface area contributed by atoms with E-state index in [9.17, 15) is 9.59 Å². The minimum atomic E-state index is -0.165. The summed E-state index contributed by atoms with van der Waals surface area (Å²) in [5.41, 5.74) is 2.81. The van der Waals surface area contributed by atoms with Gasteiger partial charge in [-0.3, -0.25) is 18.4 Å². The molecular formula is C16H10Br2N2O2. The van der Waals surface area contributed by atoms with E-state index in [0.29, 0.717) is 20.0 Å². The van der Waals surface area contributed by atoms with Crippen molar-refractivity contribution < 1.29 is 0 Å². The van der Waals surface area contributed by atoms with Gasteiger partial charge in [0.1, 0.15) is 0 Å². The molecule has 4 heterocycles. The summed E-state index contributed by atoms with van der Waals surface area (Å²) in [6, 6.07) is 7.35. The number of halogens is 2. The normalized spacial score (nSPS) is 12.0. The molecule has 4 rings (SSSR count). The third kappa shape index (κ3) is 1.51. The van der Waals surface area contributed by atoms with Crippen molar-refractivity contribution in [2.45, 2.75) is 13.8 Å². The van der Waals surface area contributed by atoms with Gasteiger partial charge in [-0.05, 0) is 81.1 Å². The molecule has 22 heavy (non-hydrogen) atoms. The summed E-state index contributed by atoms with van der Waals surface area (Å²) in [5.74, 6) is 0. The molecule has 0 amide bonds. The van der Waals surface area contributed by atoms with Crippen molar-refractivity contribution in [1.29, 1.82) is 0 Å². The molecule has 4 aromatic heterocycles. The molecular weight excluding hydrogens is 412 g/mol. The second kappa shape index (κ2) is 4.43. The van der Waals surface area contributed by atoms with Crippen molar-refractivity contribution >= 4 is 53.7 Å². The number of nitrogens with zero attached hydrogens (tertiary/aromatic N) is 2. The van der Waals surface area contributed by atoms with Gasteiger partial charge in [0.05, 0.1) is 31.0 Å². The quantitative estimate of drug-likeness (QED) is 0.435. The van der Waals surface area contributed by atoms with Crippen molar-refractivity contribution in [1.82, 2.24) is 8.80 Å². The molecule has 0 fully saturated rings. The summed E-state index contributed by atoms with van der Waals surface area (Å²) < 4.78 is 4.61. The molecule has 4 aromatic rings. The summed E-state index contributed by atoms with van der Waals surface area (Å²) in [7, 11) is 0. The van der Waals surface area contributed by atoms with Gasteiger partial charge in [0.2, 0.25) is 0 Å². The number of pyridine rings is 2. The lowest BCUT2D eigenvalue weighted by Crippen LogP contribution is -2.23. The van der Waals surface area contributed by atoms with E-state index in [1.54, 1.807) is 8.80 Å². The fraction of sp³-hybridized carbons (Fsp3) is 0.125. The highest BCUT2D eigenvalue weighted by Gasteiger charge is 2.19. The fourth-order valence-corrected chi connectivity index (χ4v) is 4.18. The Kier molecular flexibility index (Phi) is 2.81. The van der Waals surface area contributed by atoms with Crippen molar-refractivity contribution in [3.8, 4) is 0 Å². The van der Waals surface area contributed by atoms with Crippen LogP contribution in [0.25, 0.3) is 21.8 Å². The van der Waals surface area contributed by atoms with Gasteiger partial charge in [-0.2, -0.15) is 0 Å². The van der Waals surface area contributed by atoms with Gasteiger partial charge >= 0.3 is 0 Å². The van der Waals surface area contributed by atoms with E-state index in [1.807, 2.05) is 38.1 Å². The average molecular weight is 422 g/mol. The third-order valence-electron chi connectivity index (χ3n) is 4.27. The Morgan fingerprint density at radius 2 is 1.09 bits per heavy atom. The molecule has 0 bridgehead atoms. The molecule has 0 aliphatic heterocycles. The lowest BCUT2D eigenvalue weighted by atomic mass is 10.0. The number of aryl methyl sites for hydroxylation is 2. The van der Waals surface area contributed by atoms with Crippen LogP contribution in [0, 0.1) is 13.8 Å². The van der Waals surface area contributed by atoms with Crippen LogP contribution in [0.2, 0.25) is 0 Å². The predicted molar refractivity (Wildman–Crippen MR) is 94.5 cm³/mol. The molecule has 0 spiro atoms. The molecule has 110 valence electrons. The lowest BCUT2D eigenvalue weighted by Gasteiger charge is -2.10.